The van der Waals surface area contributed by atoms with Crippen molar-refractivity contribution in [2.24, 2.45) is 0 Å². The monoisotopic (exact) mass is 190 g/mol. The Morgan fingerprint density at radius 1 is 1.08 bits per heavy atom. The zero-order valence-corrected chi connectivity index (χ0v) is 8.17. The molecule has 1 nitrogen and oxygen atoms in total. The number of methoxy groups -OCH3 is 1. The lowest BCUT2D eigenvalue weighted by atomic mass is 10.1. The summed E-state index contributed by atoms with van der Waals surface area (Å²) in [7, 11) is 1.70. The van der Waals surface area contributed by atoms with Crippen molar-refractivity contribution in [3.8, 4) is 16.2 Å². The second-order valence-electron chi connectivity index (χ2n) is 2.72. The van der Waals surface area contributed by atoms with E-state index in [1.165, 1.54) is 11.1 Å². The van der Waals surface area contributed by atoms with Crippen molar-refractivity contribution in [2.75, 3.05) is 7.11 Å². The summed E-state index contributed by atoms with van der Waals surface area (Å²) < 4.78 is 5.13. The fraction of sp³-hybridized carbons (Fsp3) is 0.0909. The Morgan fingerprint density at radius 3 is 2.46 bits per heavy atom. The first-order valence-corrected chi connectivity index (χ1v) is 4.96. The highest BCUT2D eigenvalue weighted by Gasteiger charge is 2.00. The maximum absolute atomic E-state index is 5.13. The Morgan fingerprint density at radius 2 is 1.85 bits per heavy atom. The molecule has 66 valence electrons. The molecule has 0 aliphatic carbocycles. The fourth-order valence-electron chi connectivity index (χ4n) is 1.21. The van der Waals surface area contributed by atoms with Gasteiger partial charge in [0.2, 0.25) is 0 Å². The van der Waals surface area contributed by atoms with E-state index in [4.69, 9.17) is 4.74 Å². The first kappa shape index (κ1) is 8.32. The average molecular weight is 190 g/mol. The molecular formula is C11H10OS. The molecule has 2 heteroatoms. The lowest BCUT2D eigenvalue weighted by Gasteiger charge is -1.94. The molecule has 0 fully saturated rings. The minimum Gasteiger partial charge on any atom is -0.487 e. The number of rotatable bonds is 2. The van der Waals surface area contributed by atoms with Crippen molar-refractivity contribution in [1.82, 2.24) is 0 Å². The van der Waals surface area contributed by atoms with Gasteiger partial charge >= 0.3 is 0 Å². The first-order chi connectivity index (χ1) is 6.40. The van der Waals surface area contributed by atoms with Gasteiger partial charge in [0, 0.05) is 5.38 Å². The molecule has 1 aromatic heterocycles. The van der Waals surface area contributed by atoms with E-state index in [1.807, 2.05) is 18.2 Å². The van der Waals surface area contributed by atoms with Crippen molar-refractivity contribution < 1.29 is 4.74 Å². The number of hydrogen-bond acceptors (Lipinski definition) is 2. The largest absolute Gasteiger partial charge is 0.487 e. The van der Waals surface area contributed by atoms with Crippen molar-refractivity contribution in [3.05, 3.63) is 41.8 Å². The van der Waals surface area contributed by atoms with Gasteiger partial charge in [-0.15, -0.1) is 11.3 Å². The summed E-state index contributed by atoms with van der Waals surface area (Å²) >= 11 is 1.62. The third-order valence-corrected chi connectivity index (χ3v) is 2.77. The summed E-state index contributed by atoms with van der Waals surface area (Å²) in [5.74, 6) is 0. The zero-order valence-electron chi connectivity index (χ0n) is 7.36. The molecule has 0 N–H and O–H groups in total. The van der Waals surface area contributed by atoms with E-state index in [0.29, 0.717) is 0 Å². The van der Waals surface area contributed by atoms with E-state index >= 15 is 0 Å². The Kier molecular flexibility index (Phi) is 2.32. The van der Waals surface area contributed by atoms with E-state index in [-0.39, 0.29) is 0 Å². The van der Waals surface area contributed by atoms with Crippen molar-refractivity contribution in [3.63, 3.8) is 0 Å². The van der Waals surface area contributed by atoms with Gasteiger partial charge in [-0.25, -0.2) is 0 Å². The summed E-state index contributed by atoms with van der Waals surface area (Å²) in [5, 5.41) is 3.06. The minimum atomic E-state index is 0.957. The molecular weight excluding hydrogens is 180 g/mol. The summed E-state index contributed by atoms with van der Waals surface area (Å²) in [4.78, 5) is 0. The average Bonchev–Trinajstić information content (AvgIpc) is 2.67. The molecule has 1 aromatic carbocycles. The van der Waals surface area contributed by atoms with Crippen LogP contribution >= 0.6 is 11.3 Å². The van der Waals surface area contributed by atoms with Gasteiger partial charge in [0.1, 0.15) is 0 Å². The van der Waals surface area contributed by atoms with Gasteiger partial charge in [0.15, 0.2) is 5.06 Å². The van der Waals surface area contributed by atoms with Gasteiger partial charge in [-0.05, 0) is 17.2 Å². The molecule has 0 bridgehead atoms. The number of thiophene rings is 1. The van der Waals surface area contributed by atoms with Crippen LogP contribution in [0.2, 0.25) is 0 Å². The van der Waals surface area contributed by atoms with Gasteiger partial charge < -0.3 is 4.74 Å². The molecule has 0 atom stereocenters. The summed E-state index contributed by atoms with van der Waals surface area (Å²) in [5.41, 5.74) is 2.46. The van der Waals surface area contributed by atoms with Crippen molar-refractivity contribution in [1.29, 1.82) is 0 Å². The molecule has 2 aromatic rings. The molecule has 0 aliphatic heterocycles. The minimum absolute atomic E-state index is 0.957. The van der Waals surface area contributed by atoms with E-state index in [1.54, 1.807) is 18.4 Å². The Hall–Kier alpha value is -1.28. The van der Waals surface area contributed by atoms with Crippen LogP contribution in [0.5, 0.6) is 5.06 Å². The molecule has 0 saturated carbocycles. The second-order valence-corrected chi connectivity index (χ2v) is 3.60. The van der Waals surface area contributed by atoms with Crippen molar-refractivity contribution in [2.45, 2.75) is 0 Å². The number of benzene rings is 1. The molecule has 2 rings (SSSR count). The Labute approximate surface area is 81.6 Å². The summed E-state index contributed by atoms with van der Waals surface area (Å²) in [6.45, 7) is 0. The van der Waals surface area contributed by atoms with Gasteiger partial charge in [-0.1, -0.05) is 30.3 Å². The normalized spacial score (nSPS) is 9.92. The molecule has 0 amide bonds. The van der Waals surface area contributed by atoms with Gasteiger partial charge in [-0.2, -0.15) is 0 Å². The summed E-state index contributed by atoms with van der Waals surface area (Å²) in [6, 6.07) is 12.4. The fourth-order valence-corrected chi connectivity index (χ4v) is 1.94. The van der Waals surface area contributed by atoms with Crippen LogP contribution in [0.25, 0.3) is 11.1 Å². The molecule has 13 heavy (non-hydrogen) atoms. The first-order valence-electron chi connectivity index (χ1n) is 4.08. The second kappa shape index (κ2) is 3.62. The molecule has 0 radical (unpaired) electrons. The van der Waals surface area contributed by atoms with Crippen LogP contribution in [0.15, 0.2) is 41.8 Å². The molecule has 0 spiro atoms. The van der Waals surface area contributed by atoms with Gasteiger partial charge in [0.25, 0.3) is 0 Å². The van der Waals surface area contributed by atoms with E-state index < -0.39 is 0 Å². The predicted octanol–water partition coefficient (Wildman–Crippen LogP) is 3.42. The standard InChI is InChI=1S/C11H10OS/c1-12-11-7-10(8-13-11)9-5-3-2-4-6-9/h2-8H,1H3. The lowest BCUT2D eigenvalue weighted by Crippen LogP contribution is -1.75. The van der Waals surface area contributed by atoms with Crippen LogP contribution < -0.4 is 4.74 Å². The Balaban J connectivity index is 2.36. The smallest absolute Gasteiger partial charge is 0.173 e. The maximum Gasteiger partial charge on any atom is 0.173 e. The van der Waals surface area contributed by atoms with Crippen LogP contribution in [-0.4, -0.2) is 7.11 Å². The highest BCUT2D eigenvalue weighted by molar-refractivity contribution is 7.12. The molecule has 0 unspecified atom stereocenters. The third kappa shape index (κ3) is 1.73. The van der Waals surface area contributed by atoms with Crippen LogP contribution in [0.4, 0.5) is 0 Å². The third-order valence-electron chi connectivity index (χ3n) is 1.88. The van der Waals surface area contributed by atoms with Crippen LogP contribution in [0.1, 0.15) is 0 Å². The molecule has 0 aliphatic rings. The van der Waals surface area contributed by atoms with E-state index in [9.17, 15) is 0 Å². The number of ether oxygens (including phenoxy) is 1. The van der Waals surface area contributed by atoms with Gasteiger partial charge in [-0.3, -0.25) is 0 Å². The van der Waals surface area contributed by atoms with Crippen LogP contribution in [0.3, 0.4) is 0 Å². The van der Waals surface area contributed by atoms with Gasteiger partial charge in [0.05, 0.1) is 7.11 Å². The predicted molar refractivity (Wildman–Crippen MR) is 56.3 cm³/mol. The van der Waals surface area contributed by atoms with Crippen molar-refractivity contribution >= 4 is 11.3 Å². The number of hydrogen-bond donors (Lipinski definition) is 0. The summed E-state index contributed by atoms with van der Waals surface area (Å²) in [6.07, 6.45) is 0. The highest BCUT2D eigenvalue weighted by atomic mass is 32.1. The topological polar surface area (TPSA) is 9.23 Å². The lowest BCUT2D eigenvalue weighted by molar-refractivity contribution is 0.427. The molecule has 1 heterocycles. The quantitative estimate of drug-likeness (QED) is 0.705. The zero-order chi connectivity index (χ0) is 9.10. The highest BCUT2D eigenvalue weighted by Crippen LogP contribution is 2.29. The molecule has 0 saturated heterocycles. The van der Waals surface area contributed by atoms with E-state index in [2.05, 4.69) is 23.6 Å². The SMILES string of the molecule is COc1cc(-c2ccccc2)cs1. The van der Waals surface area contributed by atoms with E-state index in [0.717, 1.165) is 5.06 Å². The maximum atomic E-state index is 5.13. The van der Waals surface area contributed by atoms with Crippen LogP contribution in [-0.2, 0) is 0 Å². The Bertz CT molecular complexity index is 378. The van der Waals surface area contributed by atoms with Crippen LogP contribution in [0, 0.1) is 0 Å².